The average molecular weight is 322 g/mol. The van der Waals surface area contributed by atoms with Crippen molar-refractivity contribution in [3.63, 3.8) is 0 Å². The fourth-order valence-electron chi connectivity index (χ4n) is 2.89. The van der Waals surface area contributed by atoms with Crippen molar-refractivity contribution in [1.82, 2.24) is 0 Å². The maximum atomic E-state index is 10.7. The Hall–Kier alpha value is -1.28. The molecule has 2 aliphatic heterocycles. The van der Waals surface area contributed by atoms with Crippen molar-refractivity contribution in [2.75, 3.05) is 20.3 Å². The van der Waals surface area contributed by atoms with E-state index >= 15 is 0 Å². The van der Waals surface area contributed by atoms with Gasteiger partial charge < -0.3 is 28.8 Å². The van der Waals surface area contributed by atoms with E-state index in [0.29, 0.717) is 13.2 Å². The maximum Gasteiger partial charge on any atom is 0.186 e. The molecule has 1 N–H and O–H groups in total. The molecule has 2 fully saturated rings. The van der Waals surface area contributed by atoms with E-state index < -0.39 is 37.0 Å². The van der Waals surface area contributed by atoms with Gasteiger partial charge in [-0.05, 0) is 0 Å². The number of rotatable bonds is 5. The van der Waals surface area contributed by atoms with Crippen LogP contribution in [0.2, 0.25) is 0 Å². The Labute approximate surface area is 135 Å². The van der Waals surface area contributed by atoms with Crippen LogP contribution >= 0.6 is 0 Å². The molecule has 0 radical (unpaired) electrons. The van der Waals surface area contributed by atoms with Crippen LogP contribution in [0.5, 0.6) is 0 Å². The van der Waals surface area contributed by atoms with Crippen LogP contribution in [0.4, 0.5) is 0 Å². The van der Waals surface area contributed by atoms with Gasteiger partial charge in [0.15, 0.2) is 12.6 Å². The predicted molar refractivity (Wildman–Crippen MR) is 81.6 cm³/mol. The Morgan fingerprint density at radius 2 is 2.09 bits per heavy atom. The molecule has 23 heavy (non-hydrogen) atoms. The monoisotopic (exact) mass is 322 g/mol. The van der Waals surface area contributed by atoms with E-state index in [1.54, 1.807) is 6.08 Å². The number of hydrogen-bond acceptors (Lipinski definition) is 6. The summed E-state index contributed by atoms with van der Waals surface area (Å²) in [6.45, 7) is 4.22. The van der Waals surface area contributed by atoms with Gasteiger partial charge in [-0.3, -0.25) is 0 Å². The third-order valence-electron chi connectivity index (χ3n) is 4.02. The maximum absolute atomic E-state index is 10.7. The van der Waals surface area contributed by atoms with E-state index in [0.717, 1.165) is 5.56 Å². The average Bonchev–Trinajstić information content (AvgIpc) is 2.61. The first-order valence-electron chi connectivity index (χ1n) is 7.65. The molecule has 0 aromatic heterocycles. The molecule has 2 heterocycles. The highest BCUT2D eigenvalue weighted by atomic mass is 16.8. The van der Waals surface area contributed by atoms with Gasteiger partial charge in [0.2, 0.25) is 0 Å². The minimum absolute atomic E-state index is 0.293. The van der Waals surface area contributed by atoms with Crippen molar-refractivity contribution in [1.29, 1.82) is 0 Å². The number of fused-ring (bicyclic) bond motifs is 1. The second kappa shape index (κ2) is 7.53. The predicted octanol–water partition coefficient (Wildman–Crippen LogP) is 1.40. The number of ether oxygens (including phenoxy) is 5. The van der Waals surface area contributed by atoms with Crippen LogP contribution in [0.25, 0.3) is 0 Å². The molecule has 0 amide bonds. The molecule has 0 bridgehead atoms. The summed E-state index contributed by atoms with van der Waals surface area (Å²) >= 11 is 0. The normalized spacial score (nSPS) is 37.1. The van der Waals surface area contributed by atoms with Crippen molar-refractivity contribution < 1.29 is 28.8 Å². The highest BCUT2D eigenvalue weighted by Gasteiger charge is 2.50. The van der Waals surface area contributed by atoms with Crippen LogP contribution in [0.1, 0.15) is 11.9 Å². The molecule has 6 nitrogen and oxygen atoms in total. The van der Waals surface area contributed by atoms with Crippen LogP contribution in [0, 0.1) is 0 Å². The van der Waals surface area contributed by atoms with E-state index in [1.165, 1.54) is 7.11 Å². The first kappa shape index (κ1) is 16.6. The van der Waals surface area contributed by atoms with Crippen molar-refractivity contribution in [3.8, 4) is 0 Å². The summed E-state index contributed by atoms with van der Waals surface area (Å²) in [5, 5.41) is 10.7. The summed E-state index contributed by atoms with van der Waals surface area (Å²) in [4.78, 5) is 0. The summed E-state index contributed by atoms with van der Waals surface area (Å²) in [5.74, 6) is 0. The van der Waals surface area contributed by atoms with Gasteiger partial charge in [-0.2, -0.15) is 0 Å². The third kappa shape index (κ3) is 3.47. The highest BCUT2D eigenvalue weighted by Crippen LogP contribution is 2.35. The molecule has 6 atom stereocenters. The van der Waals surface area contributed by atoms with Gasteiger partial charge >= 0.3 is 0 Å². The van der Waals surface area contributed by atoms with E-state index in [-0.39, 0.29) is 0 Å². The Bertz CT molecular complexity index is 507. The second-order valence-electron chi connectivity index (χ2n) is 5.53. The highest BCUT2D eigenvalue weighted by molar-refractivity contribution is 5.16. The lowest BCUT2D eigenvalue weighted by Crippen LogP contribution is -2.62. The Morgan fingerprint density at radius 3 is 2.78 bits per heavy atom. The van der Waals surface area contributed by atoms with Crippen LogP contribution in [-0.2, 0) is 23.7 Å². The fourth-order valence-corrected chi connectivity index (χ4v) is 2.89. The zero-order chi connectivity index (χ0) is 16.2. The van der Waals surface area contributed by atoms with Crippen LogP contribution < -0.4 is 0 Å². The van der Waals surface area contributed by atoms with Gasteiger partial charge in [0, 0.05) is 12.7 Å². The van der Waals surface area contributed by atoms with E-state index in [2.05, 4.69) is 6.58 Å². The number of aliphatic hydroxyl groups excluding tert-OH is 1. The van der Waals surface area contributed by atoms with Gasteiger partial charge in [0.1, 0.15) is 24.4 Å². The van der Waals surface area contributed by atoms with Crippen molar-refractivity contribution >= 4 is 0 Å². The molecule has 6 heteroatoms. The largest absolute Gasteiger partial charge is 0.387 e. The minimum Gasteiger partial charge on any atom is -0.387 e. The molecule has 0 aliphatic carbocycles. The summed E-state index contributed by atoms with van der Waals surface area (Å²) in [6, 6.07) is 9.60. The summed E-state index contributed by atoms with van der Waals surface area (Å²) < 4.78 is 28.3. The molecular weight excluding hydrogens is 300 g/mol. The summed E-state index contributed by atoms with van der Waals surface area (Å²) in [6.07, 6.45) is -2.07. The summed E-state index contributed by atoms with van der Waals surface area (Å²) in [5.41, 5.74) is 0.899. The molecular formula is C17H22O6. The van der Waals surface area contributed by atoms with Crippen molar-refractivity contribution in [3.05, 3.63) is 48.6 Å². The fraction of sp³-hybridized carbons (Fsp3) is 0.529. The molecule has 1 aromatic rings. The quantitative estimate of drug-likeness (QED) is 0.827. The van der Waals surface area contributed by atoms with Crippen molar-refractivity contribution in [2.45, 2.75) is 37.0 Å². The van der Waals surface area contributed by atoms with E-state index in [4.69, 9.17) is 23.7 Å². The van der Waals surface area contributed by atoms with Crippen LogP contribution in [0.15, 0.2) is 43.0 Å². The number of hydrogen-bond donors (Lipinski definition) is 1. The lowest BCUT2D eigenvalue weighted by molar-refractivity contribution is -0.361. The van der Waals surface area contributed by atoms with Crippen LogP contribution in [0.3, 0.4) is 0 Å². The van der Waals surface area contributed by atoms with Gasteiger partial charge in [-0.15, -0.1) is 6.58 Å². The first-order valence-corrected chi connectivity index (χ1v) is 7.65. The SMILES string of the molecule is C=CCO[C@@H]1[C@@H](OC)O[C@@H]2CO[C@H](c3ccccc3)O[C@H]2[C@@H]1O. The minimum atomic E-state index is -0.881. The Balaban J connectivity index is 1.73. The number of methoxy groups -OCH3 is 1. The van der Waals surface area contributed by atoms with E-state index in [9.17, 15) is 5.11 Å². The smallest absolute Gasteiger partial charge is 0.186 e. The van der Waals surface area contributed by atoms with Crippen LogP contribution in [-0.4, -0.2) is 56.1 Å². The van der Waals surface area contributed by atoms with Gasteiger partial charge in [-0.1, -0.05) is 36.4 Å². The van der Waals surface area contributed by atoms with Gasteiger partial charge in [0.05, 0.1) is 13.2 Å². The Morgan fingerprint density at radius 1 is 1.30 bits per heavy atom. The molecule has 0 spiro atoms. The zero-order valence-electron chi connectivity index (χ0n) is 13.0. The number of aliphatic hydroxyl groups is 1. The molecule has 0 unspecified atom stereocenters. The standard InChI is InChI=1S/C17H22O6/c1-3-9-20-15-13(18)14-12(22-17(15)19-2)10-21-16(23-14)11-7-5-4-6-8-11/h3-8,12-18H,1,9-10H2,2H3/t12-,13+,14-,15+,16+,17+/m1/s1. The van der Waals surface area contributed by atoms with Crippen molar-refractivity contribution in [2.24, 2.45) is 0 Å². The summed E-state index contributed by atoms with van der Waals surface area (Å²) in [7, 11) is 1.51. The zero-order valence-corrected chi connectivity index (χ0v) is 13.0. The molecule has 126 valence electrons. The molecule has 3 rings (SSSR count). The molecule has 2 saturated heterocycles. The van der Waals surface area contributed by atoms with Gasteiger partial charge in [0.25, 0.3) is 0 Å². The molecule has 2 aliphatic rings. The molecule has 1 aromatic carbocycles. The topological polar surface area (TPSA) is 66.4 Å². The van der Waals surface area contributed by atoms with E-state index in [1.807, 2.05) is 30.3 Å². The third-order valence-corrected chi connectivity index (χ3v) is 4.02. The lowest BCUT2D eigenvalue weighted by Gasteiger charge is -2.47. The lowest BCUT2D eigenvalue weighted by atomic mass is 9.97. The number of benzene rings is 1. The Kier molecular flexibility index (Phi) is 5.42. The first-order chi connectivity index (χ1) is 11.2. The van der Waals surface area contributed by atoms with Gasteiger partial charge in [-0.25, -0.2) is 0 Å². The second-order valence-corrected chi connectivity index (χ2v) is 5.53. The molecule has 0 saturated carbocycles.